The van der Waals surface area contributed by atoms with Crippen LogP contribution in [0.1, 0.15) is 25.2 Å². The fourth-order valence-electron chi connectivity index (χ4n) is 3.34. The Morgan fingerprint density at radius 3 is 3.04 bits per heavy atom. The van der Waals surface area contributed by atoms with Gasteiger partial charge in [-0.05, 0) is 25.0 Å². The smallest absolute Gasteiger partial charge is 0.407 e. The van der Waals surface area contributed by atoms with Gasteiger partial charge in [0.1, 0.15) is 11.3 Å². The monoisotopic (exact) mass is 372 g/mol. The average molecular weight is 372 g/mol. The molecule has 2 saturated heterocycles. The molecule has 2 N–H and O–H groups in total. The van der Waals surface area contributed by atoms with Gasteiger partial charge < -0.3 is 24.8 Å². The van der Waals surface area contributed by atoms with E-state index in [4.69, 9.17) is 9.26 Å². The SMILES string of the molecule is O=C1NC[C@]2(CCCN(C(=O)NCc3nc(-c4ccccn4)no3)CC2)O1. The van der Waals surface area contributed by atoms with Crippen molar-refractivity contribution in [3.05, 3.63) is 30.3 Å². The van der Waals surface area contributed by atoms with E-state index in [1.807, 2.05) is 6.07 Å². The molecule has 1 atom stereocenters. The van der Waals surface area contributed by atoms with Crippen molar-refractivity contribution in [1.82, 2.24) is 30.7 Å². The van der Waals surface area contributed by atoms with E-state index >= 15 is 0 Å². The Morgan fingerprint density at radius 2 is 2.26 bits per heavy atom. The van der Waals surface area contributed by atoms with E-state index in [1.165, 1.54) is 0 Å². The number of urea groups is 1. The van der Waals surface area contributed by atoms with Crippen LogP contribution in [0, 0.1) is 0 Å². The quantitative estimate of drug-likeness (QED) is 0.832. The Kier molecular flexibility index (Phi) is 4.61. The Labute approximate surface area is 155 Å². The third kappa shape index (κ3) is 3.83. The maximum atomic E-state index is 12.5. The van der Waals surface area contributed by atoms with E-state index in [1.54, 1.807) is 23.2 Å². The molecule has 2 fully saturated rings. The number of carbonyl (C=O) groups excluding carboxylic acids is 2. The molecule has 2 aromatic heterocycles. The van der Waals surface area contributed by atoms with Gasteiger partial charge in [0.15, 0.2) is 0 Å². The van der Waals surface area contributed by atoms with Crippen LogP contribution < -0.4 is 10.6 Å². The van der Waals surface area contributed by atoms with Crippen molar-refractivity contribution in [2.45, 2.75) is 31.4 Å². The first-order valence-electron chi connectivity index (χ1n) is 8.87. The zero-order valence-corrected chi connectivity index (χ0v) is 14.7. The number of carbonyl (C=O) groups is 2. The first-order chi connectivity index (χ1) is 13.1. The fourth-order valence-corrected chi connectivity index (χ4v) is 3.34. The van der Waals surface area contributed by atoms with Gasteiger partial charge >= 0.3 is 12.1 Å². The van der Waals surface area contributed by atoms with Crippen LogP contribution in [0.25, 0.3) is 11.5 Å². The van der Waals surface area contributed by atoms with Gasteiger partial charge in [-0.15, -0.1) is 0 Å². The summed E-state index contributed by atoms with van der Waals surface area (Å²) >= 11 is 0. The number of nitrogens with zero attached hydrogens (tertiary/aromatic N) is 4. The third-order valence-electron chi connectivity index (χ3n) is 4.80. The molecule has 0 radical (unpaired) electrons. The molecule has 10 heteroatoms. The lowest BCUT2D eigenvalue weighted by Gasteiger charge is -2.24. The minimum Gasteiger partial charge on any atom is -0.441 e. The molecule has 0 aromatic carbocycles. The van der Waals surface area contributed by atoms with Crippen LogP contribution in [0.3, 0.4) is 0 Å². The highest BCUT2D eigenvalue weighted by atomic mass is 16.6. The maximum Gasteiger partial charge on any atom is 0.407 e. The van der Waals surface area contributed by atoms with Crippen molar-refractivity contribution in [2.24, 2.45) is 0 Å². The van der Waals surface area contributed by atoms with Crippen LogP contribution >= 0.6 is 0 Å². The fraction of sp³-hybridized carbons (Fsp3) is 0.471. The lowest BCUT2D eigenvalue weighted by molar-refractivity contribution is 0.0453. The Hall–Kier alpha value is -3.17. The van der Waals surface area contributed by atoms with Gasteiger partial charge in [-0.25, -0.2) is 9.59 Å². The summed E-state index contributed by atoms with van der Waals surface area (Å²) in [5.41, 5.74) is 0.118. The highest BCUT2D eigenvalue weighted by Gasteiger charge is 2.41. The molecule has 10 nitrogen and oxygen atoms in total. The van der Waals surface area contributed by atoms with E-state index in [-0.39, 0.29) is 18.7 Å². The molecule has 3 amide bonds. The molecule has 2 aliphatic rings. The van der Waals surface area contributed by atoms with Crippen LogP contribution in [0.15, 0.2) is 28.9 Å². The molecular formula is C17H20N6O4. The number of hydrogen-bond donors (Lipinski definition) is 2. The number of alkyl carbamates (subject to hydrolysis) is 1. The molecule has 27 heavy (non-hydrogen) atoms. The first kappa shape index (κ1) is 17.3. The highest BCUT2D eigenvalue weighted by molar-refractivity contribution is 5.74. The summed E-state index contributed by atoms with van der Waals surface area (Å²) in [4.78, 5) is 33.9. The second-order valence-corrected chi connectivity index (χ2v) is 6.65. The second kappa shape index (κ2) is 7.22. The predicted molar refractivity (Wildman–Crippen MR) is 92.4 cm³/mol. The van der Waals surface area contributed by atoms with Crippen LogP contribution in [0.5, 0.6) is 0 Å². The van der Waals surface area contributed by atoms with Gasteiger partial charge in [-0.3, -0.25) is 4.98 Å². The standard InChI is InChI=1S/C17H20N6O4/c24-15(23-8-3-5-17(6-9-23)11-20-16(25)26-17)19-10-13-21-14(22-27-13)12-4-1-2-7-18-12/h1-2,4,7H,3,5-6,8-11H2,(H,19,24)(H,20,25)/t17-/m1/s1. The van der Waals surface area contributed by atoms with Crippen molar-refractivity contribution in [3.8, 4) is 11.5 Å². The first-order valence-corrected chi connectivity index (χ1v) is 8.87. The molecule has 0 bridgehead atoms. The molecule has 0 unspecified atom stereocenters. The largest absolute Gasteiger partial charge is 0.441 e. The number of nitrogens with one attached hydrogen (secondary N) is 2. The van der Waals surface area contributed by atoms with E-state index in [2.05, 4.69) is 25.8 Å². The third-order valence-corrected chi connectivity index (χ3v) is 4.80. The summed E-state index contributed by atoms with van der Waals surface area (Å²) < 4.78 is 10.6. The van der Waals surface area contributed by atoms with Gasteiger partial charge in [-0.1, -0.05) is 11.2 Å². The molecule has 2 aliphatic heterocycles. The van der Waals surface area contributed by atoms with Gasteiger partial charge in [0.05, 0.1) is 13.1 Å². The van der Waals surface area contributed by atoms with Crippen LogP contribution in [0.4, 0.5) is 9.59 Å². The maximum absolute atomic E-state index is 12.5. The normalized spacial score (nSPS) is 22.2. The van der Waals surface area contributed by atoms with Crippen LogP contribution in [-0.4, -0.2) is 57.4 Å². The Morgan fingerprint density at radius 1 is 1.33 bits per heavy atom. The summed E-state index contributed by atoms with van der Waals surface area (Å²) in [6.45, 7) is 1.76. The number of likely N-dealkylation sites (tertiary alicyclic amines) is 1. The van der Waals surface area contributed by atoms with Crippen LogP contribution in [0.2, 0.25) is 0 Å². The Bertz CT molecular complexity index is 826. The van der Waals surface area contributed by atoms with Crippen molar-refractivity contribution < 1.29 is 18.8 Å². The predicted octanol–water partition coefficient (Wildman–Crippen LogP) is 1.31. The molecule has 0 aliphatic carbocycles. The van der Waals surface area contributed by atoms with E-state index in [0.29, 0.717) is 43.5 Å². The number of amides is 3. The van der Waals surface area contributed by atoms with Crippen molar-refractivity contribution in [3.63, 3.8) is 0 Å². The van der Waals surface area contributed by atoms with Crippen molar-refractivity contribution in [1.29, 1.82) is 0 Å². The van der Waals surface area contributed by atoms with E-state index in [0.717, 1.165) is 12.8 Å². The molecular weight excluding hydrogens is 352 g/mol. The lowest BCUT2D eigenvalue weighted by atomic mass is 9.95. The van der Waals surface area contributed by atoms with Gasteiger partial charge in [-0.2, -0.15) is 4.98 Å². The van der Waals surface area contributed by atoms with Crippen LogP contribution in [-0.2, 0) is 11.3 Å². The number of hydrogen-bond acceptors (Lipinski definition) is 7. The summed E-state index contributed by atoms with van der Waals surface area (Å²) in [6.07, 6.45) is 3.40. The van der Waals surface area contributed by atoms with Crippen molar-refractivity contribution in [2.75, 3.05) is 19.6 Å². The van der Waals surface area contributed by atoms with Gasteiger partial charge in [0, 0.05) is 25.7 Å². The lowest BCUT2D eigenvalue weighted by Crippen LogP contribution is -2.41. The molecule has 0 saturated carbocycles. The molecule has 1 spiro atoms. The zero-order chi connectivity index (χ0) is 18.7. The van der Waals surface area contributed by atoms with E-state index in [9.17, 15) is 9.59 Å². The Balaban J connectivity index is 1.31. The van der Waals surface area contributed by atoms with E-state index < -0.39 is 5.60 Å². The topological polar surface area (TPSA) is 122 Å². The van der Waals surface area contributed by atoms with Crippen molar-refractivity contribution >= 4 is 12.1 Å². The summed E-state index contributed by atoms with van der Waals surface area (Å²) in [6, 6.07) is 5.22. The zero-order valence-electron chi connectivity index (χ0n) is 14.7. The number of ether oxygens (including phenoxy) is 1. The molecule has 4 rings (SSSR count). The average Bonchev–Trinajstić information content (AvgIpc) is 3.24. The number of rotatable bonds is 3. The molecule has 142 valence electrons. The minimum atomic E-state index is -0.490. The number of aromatic nitrogens is 3. The summed E-state index contributed by atoms with van der Waals surface area (Å²) in [7, 11) is 0. The summed E-state index contributed by atoms with van der Waals surface area (Å²) in [5.74, 6) is 0.691. The van der Waals surface area contributed by atoms with Gasteiger partial charge in [0.2, 0.25) is 11.7 Å². The highest BCUT2D eigenvalue weighted by Crippen LogP contribution is 2.29. The number of pyridine rings is 1. The molecule has 4 heterocycles. The second-order valence-electron chi connectivity index (χ2n) is 6.65. The van der Waals surface area contributed by atoms with Gasteiger partial charge in [0.25, 0.3) is 0 Å². The minimum absolute atomic E-state index is 0.136. The summed E-state index contributed by atoms with van der Waals surface area (Å²) in [5, 5.41) is 9.38. The molecule has 2 aromatic rings.